The van der Waals surface area contributed by atoms with Crippen LogP contribution in [0.25, 0.3) is 11.4 Å². The number of hydrogen-bond donors (Lipinski definition) is 2. The summed E-state index contributed by atoms with van der Waals surface area (Å²) in [6.45, 7) is 1.91. The number of aromatic nitrogens is 3. The van der Waals surface area contributed by atoms with Crippen LogP contribution in [0, 0.1) is 5.82 Å². The summed E-state index contributed by atoms with van der Waals surface area (Å²) in [6, 6.07) is 5.88. The van der Waals surface area contributed by atoms with Crippen molar-refractivity contribution in [3.8, 4) is 11.4 Å². The Hall–Kier alpha value is -2.44. The average molecular weight is 289 g/mol. The van der Waals surface area contributed by atoms with Gasteiger partial charge < -0.3 is 10.2 Å². The Labute approximate surface area is 121 Å². The molecule has 1 aliphatic rings. The second-order valence-electron chi connectivity index (χ2n) is 4.97. The number of carbonyl (C=O) groups excluding carboxylic acids is 1. The van der Waals surface area contributed by atoms with E-state index in [0.717, 1.165) is 31.5 Å². The van der Waals surface area contributed by atoms with Crippen molar-refractivity contribution in [3.05, 3.63) is 35.9 Å². The maximum absolute atomic E-state index is 12.9. The summed E-state index contributed by atoms with van der Waals surface area (Å²) < 4.78 is 12.9. The van der Waals surface area contributed by atoms with Crippen LogP contribution in [0.1, 0.15) is 18.7 Å². The quantitative estimate of drug-likeness (QED) is 0.906. The molecule has 2 N–H and O–H groups in total. The van der Waals surface area contributed by atoms with Gasteiger partial charge in [-0.15, -0.1) is 0 Å². The maximum atomic E-state index is 12.9. The topological polar surface area (TPSA) is 73.9 Å². The molecule has 0 radical (unpaired) electrons. The summed E-state index contributed by atoms with van der Waals surface area (Å²) in [7, 11) is 0. The first kappa shape index (κ1) is 13.5. The third-order valence-corrected chi connectivity index (χ3v) is 3.43. The standard InChI is InChI=1S/C14H16FN5O/c15-11-5-3-10(4-6-11)13-17-12(18-19-13)9-16-14(21)20-7-1-2-8-20/h3-6H,1-2,7-9H2,(H,16,21)(H,17,18,19). The van der Waals surface area contributed by atoms with Gasteiger partial charge in [0.1, 0.15) is 11.6 Å². The van der Waals surface area contributed by atoms with Crippen LogP contribution in [-0.2, 0) is 6.54 Å². The summed E-state index contributed by atoms with van der Waals surface area (Å²) >= 11 is 0. The number of urea groups is 1. The van der Waals surface area contributed by atoms with Crippen molar-refractivity contribution in [2.75, 3.05) is 13.1 Å². The van der Waals surface area contributed by atoms with Crippen LogP contribution in [0.5, 0.6) is 0 Å². The molecule has 7 heteroatoms. The fourth-order valence-electron chi connectivity index (χ4n) is 2.29. The highest BCUT2D eigenvalue weighted by Gasteiger charge is 2.17. The zero-order valence-corrected chi connectivity index (χ0v) is 11.5. The van der Waals surface area contributed by atoms with Crippen LogP contribution in [-0.4, -0.2) is 39.2 Å². The molecule has 3 rings (SSSR count). The molecule has 1 aromatic carbocycles. The largest absolute Gasteiger partial charge is 0.331 e. The molecule has 0 aliphatic carbocycles. The van der Waals surface area contributed by atoms with Gasteiger partial charge in [-0.1, -0.05) is 0 Å². The van der Waals surface area contributed by atoms with Gasteiger partial charge in [0.25, 0.3) is 0 Å². The Kier molecular flexibility index (Phi) is 3.81. The number of nitrogens with zero attached hydrogens (tertiary/aromatic N) is 3. The van der Waals surface area contributed by atoms with Crippen molar-refractivity contribution < 1.29 is 9.18 Å². The Bertz CT molecular complexity index is 619. The van der Waals surface area contributed by atoms with E-state index in [-0.39, 0.29) is 11.8 Å². The number of likely N-dealkylation sites (tertiary alicyclic amines) is 1. The molecule has 2 amide bonds. The van der Waals surface area contributed by atoms with E-state index < -0.39 is 0 Å². The second-order valence-corrected chi connectivity index (χ2v) is 4.97. The minimum absolute atomic E-state index is 0.0766. The Morgan fingerprint density at radius 1 is 1.29 bits per heavy atom. The molecule has 2 aromatic rings. The molecule has 0 unspecified atom stereocenters. The number of amides is 2. The zero-order valence-electron chi connectivity index (χ0n) is 11.5. The number of benzene rings is 1. The number of aromatic amines is 1. The van der Waals surface area contributed by atoms with Crippen molar-refractivity contribution in [2.24, 2.45) is 0 Å². The van der Waals surface area contributed by atoms with Crippen LogP contribution >= 0.6 is 0 Å². The number of H-pyrrole nitrogens is 1. The van der Waals surface area contributed by atoms with E-state index in [1.54, 1.807) is 17.0 Å². The number of halogens is 1. The van der Waals surface area contributed by atoms with Gasteiger partial charge in [-0.25, -0.2) is 14.2 Å². The summed E-state index contributed by atoms with van der Waals surface area (Å²) in [4.78, 5) is 17.9. The molecule has 0 atom stereocenters. The monoisotopic (exact) mass is 289 g/mol. The van der Waals surface area contributed by atoms with Crippen LogP contribution in [0.2, 0.25) is 0 Å². The SMILES string of the molecule is O=C(NCc1nc(-c2ccc(F)cc2)n[nH]1)N1CCCC1. The highest BCUT2D eigenvalue weighted by atomic mass is 19.1. The molecule has 0 spiro atoms. The molecule has 2 heterocycles. The summed E-state index contributed by atoms with van der Waals surface area (Å²) in [6.07, 6.45) is 2.12. The average Bonchev–Trinajstić information content (AvgIpc) is 3.17. The van der Waals surface area contributed by atoms with Gasteiger partial charge in [-0.05, 0) is 37.1 Å². The third kappa shape index (κ3) is 3.18. The summed E-state index contributed by atoms with van der Waals surface area (Å²) in [5.74, 6) is 0.759. The number of carbonyl (C=O) groups is 1. The van der Waals surface area contributed by atoms with E-state index in [2.05, 4.69) is 20.5 Å². The molecule has 1 saturated heterocycles. The van der Waals surface area contributed by atoms with Gasteiger partial charge in [-0.3, -0.25) is 5.10 Å². The molecule has 110 valence electrons. The number of nitrogens with one attached hydrogen (secondary N) is 2. The highest BCUT2D eigenvalue weighted by molar-refractivity contribution is 5.74. The van der Waals surface area contributed by atoms with Gasteiger partial charge in [0, 0.05) is 18.7 Å². The minimum Gasteiger partial charge on any atom is -0.331 e. The zero-order chi connectivity index (χ0) is 14.7. The Balaban J connectivity index is 1.60. The van der Waals surface area contributed by atoms with Gasteiger partial charge in [0.15, 0.2) is 5.82 Å². The van der Waals surface area contributed by atoms with Crippen molar-refractivity contribution in [1.29, 1.82) is 0 Å². The van der Waals surface area contributed by atoms with Gasteiger partial charge in [-0.2, -0.15) is 5.10 Å². The molecule has 0 saturated carbocycles. The lowest BCUT2D eigenvalue weighted by Crippen LogP contribution is -2.37. The molecule has 1 fully saturated rings. The first-order chi connectivity index (χ1) is 10.2. The Morgan fingerprint density at radius 3 is 2.71 bits per heavy atom. The predicted octanol–water partition coefficient (Wildman–Crippen LogP) is 1.92. The highest BCUT2D eigenvalue weighted by Crippen LogP contribution is 2.14. The molecular weight excluding hydrogens is 273 g/mol. The van der Waals surface area contributed by atoms with Crippen molar-refractivity contribution in [2.45, 2.75) is 19.4 Å². The van der Waals surface area contributed by atoms with E-state index in [1.165, 1.54) is 12.1 Å². The summed E-state index contributed by atoms with van der Waals surface area (Å²) in [5, 5.41) is 9.65. The maximum Gasteiger partial charge on any atom is 0.317 e. The molecule has 1 aliphatic heterocycles. The van der Waals surface area contributed by atoms with Crippen LogP contribution in [0.4, 0.5) is 9.18 Å². The molecule has 0 bridgehead atoms. The van der Waals surface area contributed by atoms with E-state index in [4.69, 9.17) is 0 Å². The molecular formula is C14H16FN5O. The third-order valence-electron chi connectivity index (χ3n) is 3.43. The van der Waals surface area contributed by atoms with E-state index in [0.29, 0.717) is 18.2 Å². The van der Waals surface area contributed by atoms with Crippen molar-refractivity contribution >= 4 is 6.03 Å². The summed E-state index contributed by atoms with van der Waals surface area (Å²) in [5.41, 5.74) is 0.727. The lowest BCUT2D eigenvalue weighted by atomic mass is 10.2. The minimum atomic E-state index is -0.299. The molecule has 1 aromatic heterocycles. The van der Waals surface area contributed by atoms with E-state index in [1.807, 2.05) is 0 Å². The Morgan fingerprint density at radius 2 is 2.00 bits per heavy atom. The van der Waals surface area contributed by atoms with Crippen molar-refractivity contribution in [1.82, 2.24) is 25.4 Å². The number of hydrogen-bond acceptors (Lipinski definition) is 3. The lowest BCUT2D eigenvalue weighted by Gasteiger charge is -2.15. The molecule has 6 nitrogen and oxygen atoms in total. The fourth-order valence-corrected chi connectivity index (χ4v) is 2.29. The van der Waals surface area contributed by atoms with Crippen LogP contribution in [0.3, 0.4) is 0 Å². The van der Waals surface area contributed by atoms with Gasteiger partial charge in [0.2, 0.25) is 0 Å². The van der Waals surface area contributed by atoms with Crippen molar-refractivity contribution in [3.63, 3.8) is 0 Å². The normalized spacial score (nSPS) is 14.4. The number of rotatable bonds is 3. The first-order valence-electron chi connectivity index (χ1n) is 6.92. The predicted molar refractivity (Wildman–Crippen MR) is 74.8 cm³/mol. The smallest absolute Gasteiger partial charge is 0.317 e. The van der Waals surface area contributed by atoms with Gasteiger partial charge >= 0.3 is 6.03 Å². The first-order valence-corrected chi connectivity index (χ1v) is 6.92. The van der Waals surface area contributed by atoms with Crippen LogP contribution < -0.4 is 5.32 Å². The second kappa shape index (κ2) is 5.90. The van der Waals surface area contributed by atoms with Crippen LogP contribution in [0.15, 0.2) is 24.3 Å². The van der Waals surface area contributed by atoms with Gasteiger partial charge in [0.05, 0.1) is 6.54 Å². The van der Waals surface area contributed by atoms with E-state index in [9.17, 15) is 9.18 Å². The van der Waals surface area contributed by atoms with E-state index >= 15 is 0 Å². The lowest BCUT2D eigenvalue weighted by molar-refractivity contribution is 0.208. The molecule has 21 heavy (non-hydrogen) atoms. The fraction of sp³-hybridized carbons (Fsp3) is 0.357.